The number of hydrogen-bond acceptors (Lipinski definition) is 4. The van der Waals surface area contributed by atoms with E-state index < -0.39 is 17.1 Å². The first-order valence-electron chi connectivity index (χ1n) is 4.45. The molecule has 17 heavy (non-hydrogen) atoms. The highest BCUT2D eigenvalue weighted by Crippen LogP contribution is 2.29. The van der Waals surface area contributed by atoms with E-state index in [0.717, 1.165) is 0 Å². The number of alkyl carbamates (subject to hydrolysis) is 1. The molecule has 92 valence electrons. The summed E-state index contributed by atoms with van der Waals surface area (Å²) in [5.74, 6) is 0. The molecule has 1 aromatic rings. The van der Waals surface area contributed by atoms with Crippen LogP contribution in [0.2, 0.25) is 5.02 Å². The number of nitrogens with one attached hydrogen (secondary N) is 1. The second kappa shape index (κ2) is 5.20. The zero-order valence-corrected chi connectivity index (χ0v) is 9.96. The van der Waals surface area contributed by atoms with Gasteiger partial charge in [-0.3, -0.25) is 10.1 Å². The van der Waals surface area contributed by atoms with Gasteiger partial charge in [-0.2, -0.15) is 0 Å². The van der Waals surface area contributed by atoms with Gasteiger partial charge in [-0.15, -0.1) is 12.4 Å². The van der Waals surface area contributed by atoms with Crippen molar-refractivity contribution in [2.24, 2.45) is 0 Å². The van der Waals surface area contributed by atoms with Gasteiger partial charge in [-0.25, -0.2) is 4.79 Å². The Labute approximate surface area is 107 Å². The van der Waals surface area contributed by atoms with E-state index in [9.17, 15) is 14.9 Å². The summed E-state index contributed by atoms with van der Waals surface area (Å²) in [6.07, 6.45) is -0.549. The van der Waals surface area contributed by atoms with Gasteiger partial charge in [0.25, 0.3) is 5.69 Å². The van der Waals surface area contributed by atoms with Gasteiger partial charge in [0.2, 0.25) is 0 Å². The van der Waals surface area contributed by atoms with Gasteiger partial charge < -0.3 is 10.1 Å². The molecule has 0 radical (unpaired) electrons. The summed E-state index contributed by atoms with van der Waals surface area (Å²) in [5, 5.41) is 13.5. The monoisotopic (exact) mass is 278 g/mol. The summed E-state index contributed by atoms with van der Waals surface area (Å²) in [5.41, 5.74) is 0.419. The maximum atomic E-state index is 10.8. The molecule has 0 unspecified atom stereocenters. The summed E-state index contributed by atoms with van der Waals surface area (Å²) in [6.45, 7) is 0.125. The van der Waals surface area contributed by atoms with Gasteiger partial charge in [0.1, 0.15) is 6.61 Å². The minimum Gasteiger partial charge on any atom is -0.447 e. The van der Waals surface area contributed by atoms with Crippen LogP contribution in [-0.2, 0) is 4.74 Å². The SMILES string of the molecule is Cl.O=C1N[C@H](c2cc([N+](=O)[O-])ccc2Cl)CO1. The Balaban J connectivity index is 0.00000144. The number of nitro benzene ring substituents is 1. The summed E-state index contributed by atoms with van der Waals surface area (Å²) in [6, 6.07) is 3.64. The third kappa shape index (κ3) is 2.78. The Hall–Kier alpha value is -1.53. The molecule has 2 rings (SSSR count). The Morgan fingerprint density at radius 3 is 2.76 bits per heavy atom. The summed E-state index contributed by atoms with van der Waals surface area (Å²) >= 11 is 5.90. The average molecular weight is 279 g/mol. The number of cyclic esters (lactones) is 1. The summed E-state index contributed by atoms with van der Waals surface area (Å²) in [7, 11) is 0. The first-order chi connectivity index (χ1) is 7.58. The van der Waals surface area contributed by atoms with Crippen LogP contribution >= 0.6 is 24.0 Å². The lowest BCUT2D eigenvalue weighted by atomic mass is 10.1. The molecule has 0 bridgehead atoms. The standard InChI is InChI=1S/C9H7ClN2O4.ClH/c10-7-2-1-5(12(14)15)3-6(7)8-4-16-9(13)11-8;/h1-3,8H,4H2,(H,11,13);1H/t8-;/m0./s1. The summed E-state index contributed by atoms with van der Waals surface area (Å²) < 4.78 is 4.70. The van der Waals surface area contributed by atoms with E-state index in [2.05, 4.69) is 5.32 Å². The topological polar surface area (TPSA) is 81.5 Å². The molecule has 1 saturated heterocycles. The van der Waals surface area contributed by atoms with Crippen molar-refractivity contribution in [2.75, 3.05) is 6.61 Å². The zero-order valence-electron chi connectivity index (χ0n) is 8.38. The Bertz CT molecular complexity index is 466. The quantitative estimate of drug-likeness (QED) is 0.666. The molecule has 0 aliphatic carbocycles. The van der Waals surface area contributed by atoms with E-state index in [1.54, 1.807) is 0 Å². The fraction of sp³-hybridized carbons (Fsp3) is 0.222. The molecule has 1 heterocycles. The number of ether oxygens (including phenoxy) is 1. The van der Waals surface area contributed by atoms with Gasteiger partial charge in [-0.1, -0.05) is 11.6 Å². The second-order valence-electron chi connectivity index (χ2n) is 3.26. The molecule has 1 fully saturated rings. The molecule has 0 spiro atoms. The fourth-order valence-corrected chi connectivity index (χ4v) is 1.71. The smallest absolute Gasteiger partial charge is 0.407 e. The maximum Gasteiger partial charge on any atom is 0.407 e. The Morgan fingerprint density at radius 2 is 2.24 bits per heavy atom. The van der Waals surface area contributed by atoms with Gasteiger partial charge in [-0.05, 0) is 6.07 Å². The summed E-state index contributed by atoms with van der Waals surface area (Å²) in [4.78, 5) is 20.9. The van der Waals surface area contributed by atoms with E-state index in [4.69, 9.17) is 16.3 Å². The maximum absolute atomic E-state index is 10.8. The van der Waals surface area contributed by atoms with Crippen molar-refractivity contribution < 1.29 is 14.5 Å². The molecule has 8 heteroatoms. The fourth-order valence-electron chi connectivity index (χ4n) is 1.46. The lowest BCUT2D eigenvalue weighted by Crippen LogP contribution is -2.18. The van der Waals surface area contributed by atoms with E-state index in [1.165, 1.54) is 18.2 Å². The number of nitro groups is 1. The van der Waals surface area contributed by atoms with Crippen molar-refractivity contribution in [1.82, 2.24) is 5.32 Å². The van der Waals surface area contributed by atoms with Crippen molar-refractivity contribution in [3.63, 3.8) is 0 Å². The highest BCUT2D eigenvalue weighted by atomic mass is 35.5. The molecule has 1 aromatic carbocycles. The predicted octanol–water partition coefficient (Wildman–Crippen LogP) is 2.45. The van der Waals surface area contributed by atoms with Crippen molar-refractivity contribution in [3.8, 4) is 0 Å². The number of rotatable bonds is 2. The number of non-ortho nitro benzene ring substituents is 1. The Morgan fingerprint density at radius 1 is 1.53 bits per heavy atom. The van der Waals surface area contributed by atoms with Crippen LogP contribution in [0.3, 0.4) is 0 Å². The van der Waals surface area contributed by atoms with Crippen molar-refractivity contribution in [1.29, 1.82) is 0 Å². The normalized spacial score (nSPS) is 17.9. The zero-order chi connectivity index (χ0) is 11.7. The van der Waals surface area contributed by atoms with E-state index in [-0.39, 0.29) is 24.7 Å². The van der Waals surface area contributed by atoms with Crippen LogP contribution in [0.1, 0.15) is 11.6 Å². The number of amides is 1. The highest BCUT2D eigenvalue weighted by Gasteiger charge is 2.26. The molecule has 0 saturated carbocycles. The molecular formula is C9H8Cl2N2O4. The lowest BCUT2D eigenvalue weighted by Gasteiger charge is -2.09. The molecule has 0 aromatic heterocycles. The van der Waals surface area contributed by atoms with E-state index in [0.29, 0.717) is 10.6 Å². The highest BCUT2D eigenvalue weighted by molar-refractivity contribution is 6.31. The minimum absolute atomic E-state index is 0. The van der Waals surface area contributed by atoms with Crippen LogP contribution < -0.4 is 5.32 Å². The van der Waals surface area contributed by atoms with Crippen molar-refractivity contribution >= 4 is 35.8 Å². The molecule has 1 N–H and O–H groups in total. The number of nitrogens with zero attached hydrogens (tertiary/aromatic N) is 1. The molecule has 1 aliphatic heterocycles. The molecular weight excluding hydrogens is 271 g/mol. The van der Waals surface area contributed by atoms with Gasteiger partial charge in [0.05, 0.1) is 11.0 Å². The first-order valence-corrected chi connectivity index (χ1v) is 4.83. The lowest BCUT2D eigenvalue weighted by molar-refractivity contribution is -0.384. The van der Waals surface area contributed by atoms with Crippen molar-refractivity contribution in [3.05, 3.63) is 38.9 Å². The first kappa shape index (κ1) is 13.5. The Kier molecular flexibility index (Phi) is 4.14. The molecule has 1 atom stereocenters. The van der Waals surface area contributed by atoms with Crippen molar-refractivity contribution in [2.45, 2.75) is 6.04 Å². The van der Waals surface area contributed by atoms with Crippen LogP contribution in [0.5, 0.6) is 0 Å². The largest absolute Gasteiger partial charge is 0.447 e. The van der Waals surface area contributed by atoms with E-state index >= 15 is 0 Å². The van der Waals surface area contributed by atoms with Crippen LogP contribution in [0, 0.1) is 10.1 Å². The number of halogens is 2. The molecule has 1 aliphatic rings. The minimum atomic E-state index is -0.549. The van der Waals surface area contributed by atoms with Crippen LogP contribution in [0.25, 0.3) is 0 Å². The van der Waals surface area contributed by atoms with Gasteiger partial charge in [0.15, 0.2) is 0 Å². The predicted molar refractivity (Wildman–Crippen MR) is 62.6 cm³/mol. The van der Waals surface area contributed by atoms with Crippen LogP contribution in [-0.4, -0.2) is 17.6 Å². The van der Waals surface area contributed by atoms with E-state index in [1.807, 2.05) is 0 Å². The number of carbonyl (C=O) groups excluding carboxylic acids is 1. The average Bonchev–Trinajstić information content (AvgIpc) is 2.65. The van der Waals surface area contributed by atoms with Gasteiger partial charge >= 0.3 is 6.09 Å². The molecule has 6 nitrogen and oxygen atoms in total. The number of benzene rings is 1. The third-order valence-corrected chi connectivity index (χ3v) is 2.58. The van der Waals surface area contributed by atoms with Gasteiger partial charge in [0, 0.05) is 22.7 Å². The third-order valence-electron chi connectivity index (χ3n) is 2.24. The number of hydrogen-bond donors (Lipinski definition) is 1. The number of carbonyl (C=O) groups is 1. The molecule has 1 amide bonds. The van der Waals surface area contributed by atoms with Crippen LogP contribution in [0.15, 0.2) is 18.2 Å². The van der Waals surface area contributed by atoms with Crippen LogP contribution in [0.4, 0.5) is 10.5 Å². The second-order valence-corrected chi connectivity index (χ2v) is 3.67.